The fraction of sp³-hybridized carbons (Fsp3) is 0.368. The van der Waals surface area contributed by atoms with Gasteiger partial charge in [0.05, 0.1) is 0 Å². The van der Waals surface area contributed by atoms with E-state index in [4.69, 9.17) is 4.74 Å². The second-order valence-corrected chi connectivity index (χ2v) is 5.90. The molecule has 0 fully saturated rings. The molecule has 0 heterocycles. The first-order valence-corrected chi connectivity index (χ1v) is 7.82. The Morgan fingerprint density at radius 2 is 1.86 bits per heavy atom. The first-order chi connectivity index (χ1) is 10.6. The van der Waals surface area contributed by atoms with Crippen molar-refractivity contribution in [3.8, 4) is 5.75 Å². The molecule has 0 aromatic heterocycles. The largest absolute Gasteiger partial charge is 0.491 e. The van der Waals surface area contributed by atoms with E-state index in [2.05, 4.69) is 43.4 Å². The molecule has 3 heteroatoms. The highest BCUT2D eigenvalue weighted by Gasteiger charge is 2.14. The molecule has 2 rings (SSSR count). The summed E-state index contributed by atoms with van der Waals surface area (Å²) in [6.07, 6.45) is -0.480. The smallest absolute Gasteiger partial charge is 0.137 e. The Labute approximate surface area is 133 Å². The van der Waals surface area contributed by atoms with Gasteiger partial charge in [0.15, 0.2) is 0 Å². The zero-order chi connectivity index (χ0) is 15.9. The van der Waals surface area contributed by atoms with Crippen LogP contribution in [-0.2, 0) is 0 Å². The summed E-state index contributed by atoms with van der Waals surface area (Å²) in [5.74, 6) is 0.811. The van der Waals surface area contributed by atoms with Crippen LogP contribution in [-0.4, -0.2) is 24.4 Å². The monoisotopic (exact) mass is 300 g/mol. The molecule has 3 nitrogen and oxygen atoms in total. The van der Waals surface area contributed by atoms with E-state index in [-0.39, 0.29) is 0 Å². The number of nitrogens with two attached hydrogens (primary N) is 1. The summed E-state index contributed by atoms with van der Waals surface area (Å²) in [7, 11) is 0. The maximum atomic E-state index is 10.1. The van der Waals surface area contributed by atoms with Crippen molar-refractivity contribution in [2.75, 3.05) is 13.2 Å². The zero-order valence-corrected chi connectivity index (χ0v) is 13.6. The van der Waals surface area contributed by atoms with Crippen molar-refractivity contribution in [1.29, 1.82) is 0 Å². The van der Waals surface area contributed by atoms with Gasteiger partial charge in [-0.25, -0.2) is 0 Å². The van der Waals surface area contributed by atoms with Gasteiger partial charge in [0.25, 0.3) is 0 Å². The SMILES string of the molecule is Cc1cccc(OC[C@H](O)C[NH2+][C@@H](C)c2ccccc2C)c1. The average Bonchev–Trinajstić information content (AvgIpc) is 2.51. The molecule has 0 saturated heterocycles. The van der Waals surface area contributed by atoms with Crippen LogP contribution in [0.3, 0.4) is 0 Å². The predicted octanol–water partition coefficient (Wildman–Crippen LogP) is 2.37. The van der Waals surface area contributed by atoms with Gasteiger partial charge in [0, 0.05) is 5.56 Å². The van der Waals surface area contributed by atoms with Crippen LogP contribution in [0.1, 0.15) is 29.7 Å². The average molecular weight is 300 g/mol. The summed E-state index contributed by atoms with van der Waals surface area (Å²) in [6, 6.07) is 16.6. The van der Waals surface area contributed by atoms with Gasteiger partial charge < -0.3 is 15.2 Å². The Balaban J connectivity index is 1.78. The number of aliphatic hydroxyl groups excluding tert-OH is 1. The number of quaternary nitrogens is 1. The van der Waals surface area contributed by atoms with Crippen LogP contribution in [0.5, 0.6) is 5.75 Å². The van der Waals surface area contributed by atoms with Gasteiger partial charge in [-0.2, -0.15) is 0 Å². The van der Waals surface area contributed by atoms with Crippen molar-refractivity contribution in [2.24, 2.45) is 0 Å². The quantitative estimate of drug-likeness (QED) is 0.824. The molecule has 0 spiro atoms. The first-order valence-electron chi connectivity index (χ1n) is 7.82. The van der Waals surface area contributed by atoms with E-state index in [0.717, 1.165) is 11.3 Å². The van der Waals surface area contributed by atoms with Crippen LogP contribution in [0.15, 0.2) is 48.5 Å². The highest BCUT2D eigenvalue weighted by atomic mass is 16.5. The molecule has 0 amide bonds. The van der Waals surface area contributed by atoms with E-state index >= 15 is 0 Å². The lowest BCUT2D eigenvalue weighted by molar-refractivity contribution is -0.698. The third-order valence-corrected chi connectivity index (χ3v) is 3.87. The van der Waals surface area contributed by atoms with Crippen molar-refractivity contribution < 1.29 is 15.2 Å². The molecule has 0 bridgehead atoms. The fourth-order valence-corrected chi connectivity index (χ4v) is 2.55. The van der Waals surface area contributed by atoms with Crippen molar-refractivity contribution in [3.63, 3.8) is 0 Å². The Morgan fingerprint density at radius 3 is 2.59 bits per heavy atom. The number of hydrogen-bond acceptors (Lipinski definition) is 2. The lowest BCUT2D eigenvalue weighted by atomic mass is 10.0. The van der Waals surface area contributed by atoms with E-state index in [1.807, 2.05) is 31.2 Å². The van der Waals surface area contributed by atoms with Gasteiger partial charge in [0.2, 0.25) is 0 Å². The summed E-state index contributed by atoms with van der Waals surface area (Å²) < 4.78 is 5.64. The summed E-state index contributed by atoms with van der Waals surface area (Å²) in [5.41, 5.74) is 3.76. The fourth-order valence-electron chi connectivity index (χ4n) is 2.55. The van der Waals surface area contributed by atoms with Gasteiger partial charge in [0.1, 0.15) is 31.0 Å². The Kier molecular flexibility index (Phi) is 5.99. The van der Waals surface area contributed by atoms with Gasteiger partial charge >= 0.3 is 0 Å². The maximum Gasteiger partial charge on any atom is 0.137 e. The van der Waals surface area contributed by atoms with Gasteiger partial charge in [-0.05, 0) is 44.0 Å². The molecule has 2 aromatic rings. The second kappa shape index (κ2) is 7.97. The normalized spacial score (nSPS) is 13.6. The van der Waals surface area contributed by atoms with E-state index in [1.54, 1.807) is 0 Å². The van der Waals surface area contributed by atoms with Crippen LogP contribution in [0.25, 0.3) is 0 Å². The second-order valence-electron chi connectivity index (χ2n) is 5.90. The number of benzene rings is 2. The standard InChI is InChI=1S/C19H25NO2/c1-14-7-6-9-18(11-14)22-13-17(21)12-20-16(3)19-10-5-4-8-15(19)2/h4-11,16-17,20-21H,12-13H2,1-3H3/p+1/t16-,17+/m0/s1. The Hall–Kier alpha value is -1.84. The molecule has 2 aromatic carbocycles. The molecule has 0 unspecified atom stereocenters. The summed E-state index contributed by atoms with van der Waals surface area (Å²) >= 11 is 0. The third kappa shape index (κ3) is 4.86. The van der Waals surface area contributed by atoms with Crippen LogP contribution in [0, 0.1) is 13.8 Å². The lowest BCUT2D eigenvalue weighted by Crippen LogP contribution is -2.87. The number of rotatable bonds is 7. The Bertz CT molecular complexity index is 597. The minimum absolute atomic E-state index is 0.320. The van der Waals surface area contributed by atoms with Crippen molar-refractivity contribution in [2.45, 2.75) is 32.9 Å². The molecule has 3 N–H and O–H groups in total. The van der Waals surface area contributed by atoms with Crippen molar-refractivity contribution in [3.05, 3.63) is 65.2 Å². The highest BCUT2D eigenvalue weighted by Crippen LogP contribution is 2.14. The molecular formula is C19H26NO2+. The van der Waals surface area contributed by atoms with Crippen molar-refractivity contribution >= 4 is 0 Å². The minimum atomic E-state index is -0.480. The maximum absolute atomic E-state index is 10.1. The topological polar surface area (TPSA) is 46.1 Å². The number of aryl methyl sites for hydroxylation is 2. The first kappa shape index (κ1) is 16.5. The van der Waals surface area contributed by atoms with Crippen molar-refractivity contribution in [1.82, 2.24) is 0 Å². The molecule has 0 aliphatic heterocycles. The van der Waals surface area contributed by atoms with E-state index in [1.165, 1.54) is 11.1 Å². The van der Waals surface area contributed by atoms with Gasteiger partial charge in [-0.1, -0.05) is 36.4 Å². The third-order valence-electron chi connectivity index (χ3n) is 3.87. The molecule has 0 aliphatic rings. The molecule has 0 saturated carbocycles. The number of hydrogen-bond donors (Lipinski definition) is 2. The molecule has 2 atom stereocenters. The zero-order valence-electron chi connectivity index (χ0n) is 13.6. The van der Waals surface area contributed by atoms with E-state index < -0.39 is 6.10 Å². The summed E-state index contributed by atoms with van der Waals surface area (Å²) in [6.45, 7) is 7.26. The van der Waals surface area contributed by atoms with Crippen LogP contribution in [0.4, 0.5) is 0 Å². The molecule has 0 aliphatic carbocycles. The van der Waals surface area contributed by atoms with E-state index in [0.29, 0.717) is 19.2 Å². The van der Waals surface area contributed by atoms with Crippen LogP contribution < -0.4 is 10.1 Å². The number of aliphatic hydroxyl groups is 1. The Morgan fingerprint density at radius 1 is 1.09 bits per heavy atom. The minimum Gasteiger partial charge on any atom is -0.491 e. The van der Waals surface area contributed by atoms with Gasteiger partial charge in [-0.15, -0.1) is 0 Å². The molecular weight excluding hydrogens is 274 g/mol. The summed E-state index contributed by atoms with van der Waals surface area (Å²) in [5, 5.41) is 12.2. The number of ether oxygens (including phenoxy) is 1. The van der Waals surface area contributed by atoms with Gasteiger partial charge in [-0.3, -0.25) is 0 Å². The van der Waals surface area contributed by atoms with Crippen LogP contribution in [0.2, 0.25) is 0 Å². The predicted molar refractivity (Wildman–Crippen MR) is 89.1 cm³/mol. The van der Waals surface area contributed by atoms with Crippen LogP contribution >= 0.6 is 0 Å². The lowest BCUT2D eigenvalue weighted by Gasteiger charge is -2.16. The highest BCUT2D eigenvalue weighted by molar-refractivity contribution is 5.27. The molecule has 0 radical (unpaired) electrons. The van der Waals surface area contributed by atoms with E-state index in [9.17, 15) is 5.11 Å². The molecule has 118 valence electrons. The molecule has 22 heavy (non-hydrogen) atoms. The summed E-state index contributed by atoms with van der Waals surface area (Å²) in [4.78, 5) is 0.